The molecule has 1 heterocycles. The van der Waals surface area contributed by atoms with Gasteiger partial charge in [-0.1, -0.05) is 13.2 Å². The van der Waals surface area contributed by atoms with E-state index in [9.17, 15) is 4.79 Å². The van der Waals surface area contributed by atoms with Gasteiger partial charge in [0.2, 0.25) is 5.91 Å². The third-order valence-corrected chi connectivity index (χ3v) is 2.53. The molecule has 1 aliphatic rings. The molecule has 1 rings (SSSR count). The van der Waals surface area contributed by atoms with Gasteiger partial charge < -0.3 is 10.0 Å². The molecule has 0 aromatic carbocycles. The van der Waals surface area contributed by atoms with Crippen molar-refractivity contribution < 1.29 is 9.90 Å². The maximum Gasteiger partial charge on any atom is 0.223 e. The Morgan fingerprint density at radius 2 is 2.42 bits per heavy atom. The summed E-state index contributed by atoms with van der Waals surface area (Å²) in [5.74, 6) is 0.512. The number of nitrogens with zero attached hydrogens (tertiary/aromatic N) is 1. The second kappa shape index (κ2) is 3.94. The quantitative estimate of drug-likeness (QED) is 0.565. The van der Waals surface area contributed by atoms with Gasteiger partial charge in [0, 0.05) is 13.0 Å². The Kier molecular flexibility index (Phi) is 3.15. The van der Waals surface area contributed by atoms with E-state index in [0.29, 0.717) is 12.3 Å². The van der Waals surface area contributed by atoms with Gasteiger partial charge in [-0.05, 0) is 5.92 Å². The van der Waals surface area contributed by atoms with Crippen LogP contribution >= 0.6 is 0 Å². The largest absolute Gasteiger partial charge is 0.394 e. The molecule has 2 atom stereocenters. The zero-order valence-electron chi connectivity index (χ0n) is 7.79. The van der Waals surface area contributed by atoms with Gasteiger partial charge in [0.05, 0.1) is 12.6 Å². The fourth-order valence-electron chi connectivity index (χ4n) is 1.83. The van der Waals surface area contributed by atoms with E-state index in [1.54, 1.807) is 0 Å². The fraction of sp³-hybridized carbons (Fsp3) is 0.875. The molecule has 0 saturated carbocycles. The average molecular weight is 169 g/mol. The van der Waals surface area contributed by atoms with Crippen LogP contribution in [0.25, 0.3) is 0 Å². The number of carbonyl (C=O) groups is 1. The van der Waals surface area contributed by atoms with Crippen molar-refractivity contribution in [2.24, 2.45) is 5.92 Å². The third-order valence-electron chi connectivity index (χ3n) is 2.53. The van der Waals surface area contributed by atoms with E-state index in [1.807, 2.05) is 19.7 Å². The molecule has 3 nitrogen and oxygen atoms in total. The van der Waals surface area contributed by atoms with Crippen molar-refractivity contribution in [1.82, 2.24) is 4.90 Å². The minimum absolute atomic E-state index is 0.0671. The Balaban J connectivity index is 2.61. The molecule has 1 fully saturated rings. The van der Waals surface area contributed by atoms with Crippen LogP contribution in [0.3, 0.4) is 0 Å². The number of aliphatic hydroxyl groups is 1. The van der Waals surface area contributed by atoms with Crippen molar-refractivity contribution in [2.75, 3.05) is 13.2 Å². The molecule has 68 valence electrons. The normalized spacial score (nSPS) is 29.8. The van der Waals surface area contributed by atoms with Gasteiger partial charge in [-0.2, -0.15) is 0 Å². The molecule has 1 saturated heterocycles. The molecule has 1 N–H and O–H groups in total. The van der Waals surface area contributed by atoms with Crippen molar-refractivity contribution in [2.45, 2.75) is 25.7 Å². The maximum absolute atomic E-state index is 11.4. The summed E-state index contributed by atoms with van der Waals surface area (Å²) >= 11 is 0. The lowest BCUT2D eigenvalue weighted by atomic mass is 10.0. The van der Waals surface area contributed by atoms with E-state index in [4.69, 9.17) is 5.11 Å². The Morgan fingerprint density at radius 1 is 1.75 bits per heavy atom. The highest BCUT2D eigenvalue weighted by atomic mass is 16.3. The number of rotatable bonds is 3. The summed E-state index contributed by atoms with van der Waals surface area (Å²) in [6.07, 6.45) is 1.57. The van der Waals surface area contributed by atoms with Crippen molar-refractivity contribution in [3.05, 3.63) is 0 Å². The summed E-state index contributed by atoms with van der Waals surface area (Å²) in [6.45, 7) is 2.91. The van der Waals surface area contributed by atoms with Gasteiger partial charge in [0.15, 0.2) is 0 Å². The predicted molar refractivity (Wildman–Crippen MR) is 49.7 cm³/mol. The molecule has 1 aliphatic heterocycles. The highest BCUT2D eigenvalue weighted by Gasteiger charge is 2.35. The van der Waals surface area contributed by atoms with E-state index >= 15 is 0 Å². The number of amides is 1. The maximum atomic E-state index is 11.4. The lowest BCUT2D eigenvalue weighted by molar-refractivity contribution is -0.129. The van der Waals surface area contributed by atoms with Crippen LogP contribution in [-0.4, -0.2) is 43.0 Å². The zero-order valence-corrected chi connectivity index (χ0v) is 7.79. The molecular formula is C8H16BNO2. The lowest BCUT2D eigenvalue weighted by Gasteiger charge is -2.24. The number of carbonyl (C=O) groups excluding carboxylic acids is 1. The molecule has 0 aliphatic carbocycles. The summed E-state index contributed by atoms with van der Waals surface area (Å²) in [4.78, 5) is 13.2. The van der Waals surface area contributed by atoms with Crippen molar-refractivity contribution in [3.63, 3.8) is 0 Å². The zero-order chi connectivity index (χ0) is 9.14. The van der Waals surface area contributed by atoms with Crippen LogP contribution < -0.4 is 0 Å². The van der Waals surface area contributed by atoms with Crippen molar-refractivity contribution in [1.29, 1.82) is 0 Å². The highest BCUT2D eigenvalue weighted by molar-refractivity contribution is 6.08. The van der Waals surface area contributed by atoms with E-state index < -0.39 is 0 Å². The molecule has 0 aromatic heterocycles. The molecular weight excluding hydrogens is 153 g/mol. The third kappa shape index (κ3) is 1.63. The van der Waals surface area contributed by atoms with Gasteiger partial charge in [-0.15, -0.1) is 0 Å². The first-order valence-corrected chi connectivity index (χ1v) is 4.61. The van der Waals surface area contributed by atoms with Gasteiger partial charge in [-0.3, -0.25) is 4.79 Å². The fourth-order valence-corrected chi connectivity index (χ4v) is 1.83. The van der Waals surface area contributed by atoms with E-state index in [-0.39, 0.29) is 18.6 Å². The van der Waals surface area contributed by atoms with Crippen LogP contribution in [0.5, 0.6) is 0 Å². The average Bonchev–Trinajstić information content (AvgIpc) is 2.28. The second-order valence-corrected chi connectivity index (χ2v) is 3.52. The van der Waals surface area contributed by atoms with Crippen molar-refractivity contribution >= 4 is 13.8 Å². The van der Waals surface area contributed by atoms with Gasteiger partial charge >= 0.3 is 0 Å². The van der Waals surface area contributed by atoms with Crippen molar-refractivity contribution in [3.8, 4) is 0 Å². The van der Waals surface area contributed by atoms with E-state index in [0.717, 1.165) is 12.9 Å². The molecule has 2 unspecified atom stereocenters. The molecule has 0 spiro atoms. The Hall–Kier alpha value is -0.505. The number of aliphatic hydroxyl groups excluding tert-OH is 1. The van der Waals surface area contributed by atoms with Crippen LogP contribution in [0.2, 0.25) is 6.32 Å². The smallest absolute Gasteiger partial charge is 0.223 e. The minimum atomic E-state index is 0.0671. The van der Waals surface area contributed by atoms with Gasteiger partial charge in [-0.25, -0.2) is 0 Å². The molecule has 0 radical (unpaired) electrons. The summed E-state index contributed by atoms with van der Waals surface area (Å²) in [7, 11) is 2.05. The van der Waals surface area contributed by atoms with Gasteiger partial charge in [0.1, 0.15) is 7.85 Å². The molecule has 4 heteroatoms. The van der Waals surface area contributed by atoms with Crippen LogP contribution in [0.15, 0.2) is 0 Å². The molecule has 0 bridgehead atoms. The SMILES string of the molecule is BCCN1C(=O)CC(C)C1CO. The van der Waals surface area contributed by atoms with Crippen LogP contribution in [0, 0.1) is 5.92 Å². The molecule has 12 heavy (non-hydrogen) atoms. The van der Waals surface area contributed by atoms with Crippen LogP contribution in [0.4, 0.5) is 0 Å². The Morgan fingerprint density at radius 3 is 2.92 bits per heavy atom. The summed E-state index contributed by atoms with van der Waals surface area (Å²) < 4.78 is 0. The van der Waals surface area contributed by atoms with E-state index in [1.165, 1.54) is 0 Å². The standard InChI is InChI=1S/C8H16BNO2/c1-6-4-8(12)10(3-2-9)7(6)5-11/h6-7,11H,2-5,9H2,1H3. The number of hydrogen-bond donors (Lipinski definition) is 1. The Labute approximate surface area is 74.2 Å². The lowest BCUT2D eigenvalue weighted by Crippen LogP contribution is -2.37. The van der Waals surface area contributed by atoms with Crippen LogP contribution in [0.1, 0.15) is 13.3 Å². The highest BCUT2D eigenvalue weighted by Crippen LogP contribution is 2.24. The molecule has 0 aromatic rings. The predicted octanol–water partition coefficient (Wildman–Crippen LogP) is -0.733. The monoisotopic (exact) mass is 169 g/mol. The van der Waals surface area contributed by atoms with Crippen LogP contribution in [-0.2, 0) is 4.79 Å². The minimum Gasteiger partial charge on any atom is -0.394 e. The van der Waals surface area contributed by atoms with E-state index in [2.05, 4.69) is 0 Å². The first-order valence-electron chi connectivity index (χ1n) is 4.61. The number of likely N-dealkylation sites (tertiary alicyclic amines) is 1. The number of hydrogen-bond acceptors (Lipinski definition) is 2. The first kappa shape index (κ1) is 9.58. The molecule has 1 amide bonds. The van der Waals surface area contributed by atoms with Gasteiger partial charge in [0.25, 0.3) is 0 Å². The topological polar surface area (TPSA) is 40.5 Å². The summed E-state index contributed by atoms with van der Waals surface area (Å²) in [6, 6.07) is 0.0671. The first-order chi connectivity index (χ1) is 5.70. The summed E-state index contributed by atoms with van der Waals surface area (Å²) in [5, 5.41) is 9.06. The Bertz CT molecular complexity index is 174. The summed E-state index contributed by atoms with van der Waals surface area (Å²) in [5.41, 5.74) is 0. The second-order valence-electron chi connectivity index (χ2n) is 3.52.